The summed E-state index contributed by atoms with van der Waals surface area (Å²) in [4.78, 5) is 18.8. The summed E-state index contributed by atoms with van der Waals surface area (Å²) in [5, 5.41) is 6.82. The van der Waals surface area contributed by atoms with Gasteiger partial charge >= 0.3 is 0 Å². The maximum atomic E-state index is 12.5. The van der Waals surface area contributed by atoms with Crippen LogP contribution in [-0.4, -0.2) is 36.9 Å². The van der Waals surface area contributed by atoms with E-state index in [-0.39, 0.29) is 11.3 Å². The third-order valence-electron chi connectivity index (χ3n) is 6.11. The Morgan fingerprint density at radius 3 is 2.28 bits per heavy atom. The van der Waals surface area contributed by atoms with Gasteiger partial charge in [-0.15, -0.1) is 0 Å². The van der Waals surface area contributed by atoms with E-state index in [1.165, 1.54) is 29.5 Å². The second-order valence-electron chi connectivity index (χ2n) is 8.12. The predicted octanol–water partition coefficient (Wildman–Crippen LogP) is 3.21. The molecule has 2 aliphatic rings. The first-order valence-corrected chi connectivity index (χ1v) is 10.5. The zero-order valence-corrected chi connectivity index (χ0v) is 17.2. The van der Waals surface area contributed by atoms with Gasteiger partial charge in [0.2, 0.25) is 5.91 Å². The standard InChI is InChI=1S/C24H30N4O/c1-25-23(27-18-24(13-14-24)21-10-3-2-4-11-21)26-15-7-12-22(29)28-16-19-8-5-6-9-20(19)17-28/h2-6,8-11H,7,12-18H2,1H3,(H2,25,26,27). The molecule has 4 rings (SSSR count). The van der Waals surface area contributed by atoms with Gasteiger partial charge in [0.1, 0.15) is 0 Å². The molecule has 0 bridgehead atoms. The highest BCUT2D eigenvalue weighted by Crippen LogP contribution is 2.47. The molecule has 0 radical (unpaired) electrons. The molecule has 0 saturated heterocycles. The molecular formula is C24H30N4O. The van der Waals surface area contributed by atoms with Crippen molar-refractivity contribution in [1.29, 1.82) is 0 Å². The van der Waals surface area contributed by atoms with Crippen LogP contribution in [0, 0.1) is 0 Å². The summed E-state index contributed by atoms with van der Waals surface area (Å²) in [6.07, 6.45) is 3.80. The van der Waals surface area contributed by atoms with Crippen LogP contribution in [0.25, 0.3) is 0 Å². The fraction of sp³-hybridized carbons (Fsp3) is 0.417. The van der Waals surface area contributed by atoms with E-state index >= 15 is 0 Å². The van der Waals surface area contributed by atoms with Gasteiger partial charge in [-0.1, -0.05) is 54.6 Å². The Labute approximate surface area is 173 Å². The van der Waals surface area contributed by atoms with Gasteiger partial charge in [-0.3, -0.25) is 9.79 Å². The lowest BCUT2D eigenvalue weighted by molar-refractivity contribution is -0.131. The van der Waals surface area contributed by atoms with E-state index in [0.29, 0.717) is 6.42 Å². The van der Waals surface area contributed by atoms with E-state index in [9.17, 15) is 4.79 Å². The molecule has 2 N–H and O–H groups in total. The molecule has 1 aliphatic heterocycles. The summed E-state index contributed by atoms with van der Waals surface area (Å²) in [5.41, 5.74) is 4.20. The van der Waals surface area contributed by atoms with Crippen molar-refractivity contribution >= 4 is 11.9 Å². The lowest BCUT2D eigenvalue weighted by Crippen LogP contribution is -2.41. The van der Waals surface area contributed by atoms with Gasteiger partial charge in [0.25, 0.3) is 0 Å². The van der Waals surface area contributed by atoms with Crippen molar-refractivity contribution in [2.24, 2.45) is 4.99 Å². The fourth-order valence-electron chi connectivity index (χ4n) is 4.10. The van der Waals surface area contributed by atoms with E-state index in [4.69, 9.17) is 0 Å². The van der Waals surface area contributed by atoms with Crippen molar-refractivity contribution in [2.45, 2.75) is 44.2 Å². The van der Waals surface area contributed by atoms with E-state index in [1.54, 1.807) is 7.05 Å². The van der Waals surface area contributed by atoms with Crippen LogP contribution in [0.2, 0.25) is 0 Å². The molecule has 0 aromatic heterocycles. The fourth-order valence-corrected chi connectivity index (χ4v) is 4.10. The summed E-state index contributed by atoms with van der Waals surface area (Å²) >= 11 is 0. The zero-order chi connectivity index (χ0) is 20.1. The van der Waals surface area contributed by atoms with Gasteiger partial charge in [0, 0.05) is 45.1 Å². The smallest absolute Gasteiger partial charge is 0.223 e. The molecule has 152 valence electrons. The number of rotatable bonds is 7. The monoisotopic (exact) mass is 390 g/mol. The Kier molecular flexibility index (Phi) is 5.84. The number of hydrogen-bond acceptors (Lipinski definition) is 2. The number of carbonyl (C=O) groups excluding carboxylic acids is 1. The Bertz CT molecular complexity index is 848. The van der Waals surface area contributed by atoms with Crippen molar-refractivity contribution in [3.05, 3.63) is 71.3 Å². The van der Waals surface area contributed by atoms with Gasteiger partial charge in [-0.05, 0) is 36.0 Å². The number of nitrogens with one attached hydrogen (secondary N) is 2. The third-order valence-corrected chi connectivity index (χ3v) is 6.11. The SMILES string of the molecule is CN=C(NCCCC(=O)N1Cc2ccccc2C1)NCC1(c2ccccc2)CC1. The molecule has 5 heteroatoms. The van der Waals surface area contributed by atoms with E-state index in [0.717, 1.165) is 38.6 Å². The van der Waals surface area contributed by atoms with E-state index < -0.39 is 0 Å². The molecule has 2 aromatic carbocycles. The number of carbonyl (C=O) groups is 1. The first kappa shape index (κ1) is 19.5. The van der Waals surface area contributed by atoms with E-state index in [1.807, 2.05) is 17.0 Å². The van der Waals surface area contributed by atoms with Gasteiger partial charge in [0.05, 0.1) is 0 Å². The Hall–Kier alpha value is -2.82. The van der Waals surface area contributed by atoms with Crippen LogP contribution in [0.4, 0.5) is 0 Å². The lowest BCUT2D eigenvalue weighted by Gasteiger charge is -2.19. The van der Waals surface area contributed by atoms with Gasteiger partial charge in [-0.2, -0.15) is 0 Å². The quantitative estimate of drug-likeness (QED) is 0.434. The van der Waals surface area contributed by atoms with Crippen LogP contribution in [0.3, 0.4) is 0 Å². The first-order chi connectivity index (χ1) is 14.2. The minimum atomic E-state index is 0.229. The highest BCUT2D eigenvalue weighted by atomic mass is 16.2. The normalized spacial score (nSPS) is 17.0. The molecule has 1 fully saturated rings. The summed E-state index contributed by atoms with van der Waals surface area (Å²) < 4.78 is 0. The molecular weight excluding hydrogens is 360 g/mol. The zero-order valence-electron chi connectivity index (χ0n) is 17.2. The summed E-state index contributed by atoms with van der Waals surface area (Å²) in [6, 6.07) is 19.0. The second kappa shape index (κ2) is 8.68. The predicted molar refractivity (Wildman–Crippen MR) is 117 cm³/mol. The second-order valence-corrected chi connectivity index (χ2v) is 8.12. The van der Waals surface area contributed by atoms with Crippen molar-refractivity contribution in [3.63, 3.8) is 0 Å². The number of guanidine groups is 1. The molecule has 29 heavy (non-hydrogen) atoms. The highest BCUT2D eigenvalue weighted by molar-refractivity contribution is 5.80. The molecule has 1 saturated carbocycles. The van der Waals surface area contributed by atoms with Crippen molar-refractivity contribution in [2.75, 3.05) is 20.1 Å². The molecule has 5 nitrogen and oxygen atoms in total. The maximum Gasteiger partial charge on any atom is 0.223 e. The minimum Gasteiger partial charge on any atom is -0.356 e. The number of benzene rings is 2. The molecule has 2 aromatic rings. The topological polar surface area (TPSA) is 56.7 Å². The summed E-state index contributed by atoms with van der Waals surface area (Å²) in [7, 11) is 1.80. The highest BCUT2D eigenvalue weighted by Gasteiger charge is 2.43. The van der Waals surface area contributed by atoms with Crippen LogP contribution in [0.5, 0.6) is 0 Å². The number of hydrogen-bond donors (Lipinski definition) is 2. The third kappa shape index (κ3) is 4.61. The average molecular weight is 391 g/mol. The number of fused-ring (bicyclic) bond motifs is 1. The van der Waals surface area contributed by atoms with Gasteiger partial charge < -0.3 is 15.5 Å². The molecule has 1 amide bonds. The van der Waals surface area contributed by atoms with Crippen LogP contribution in [-0.2, 0) is 23.3 Å². The molecule has 0 spiro atoms. The summed E-state index contributed by atoms with van der Waals surface area (Å²) in [6.45, 7) is 3.12. The van der Waals surface area contributed by atoms with Crippen LogP contribution >= 0.6 is 0 Å². The van der Waals surface area contributed by atoms with Gasteiger partial charge in [0.15, 0.2) is 5.96 Å². The first-order valence-electron chi connectivity index (χ1n) is 10.5. The lowest BCUT2D eigenvalue weighted by atomic mass is 9.96. The largest absolute Gasteiger partial charge is 0.356 e. The molecule has 0 atom stereocenters. The Morgan fingerprint density at radius 2 is 1.66 bits per heavy atom. The van der Waals surface area contributed by atoms with Gasteiger partial charge in [-0.25, -0.2) is 0 Å². The Morgan fingerprint density at radius 1 is 1.00 bits per heavy atom. The molecule has 1 aliphatic carbocycles. The molecule has 0 unspecified atom stereocenters. The maximum absolute atomic E-state index is 12.5. The number of aliphatic imine (C=N–C) groups is 1. The van der Waals surface area contributed by atoms with E-state index in [2.05, 4.69) is 58.1 Å². The number of amides is 1. The van der Waals surface area contributed by atoms with Crippen LogP contribution < -0.4 is 10.6 Å². The van der Waals surface area contributed by atoms with Crippen molar-refractivity contribution in [3.8, 4) is 0 Å². The molecule has 1 heterocycles. The van der Waals surface area contributed by atoms with Crippen LogP contribution in [0.1, 0.15) is 42.4 Å². The number of nitrogens with zero attached hydrogens (tertiary/aromatic N) is 2. The van der Waals surface area contributed by atoms with Crippen LogP contribution in [0.15, 0.2) is 59.6 Å². The van der Waals surface area contributed by atoms with Crippen molar-refractivity contribution in [1.82, 2.24) is 15.5 Å². The average Bonchev–Trinajstić information content (AvgIpc) is 3.43. The summed E-state index contributed by atoms with van der Waals surface area (Å²) in [5.74, 6) is 1.04. The Balaban J connectivity index is 1.17. The van der Waals surface area contributed by atoms with Crippen molar-refractivity contribution < 1.29 is 4.79 Å². The minimum absolute atomic E-state index is 0.229.